The molecule has 32 nitrogen and oxygen atoms in total. The Morgan fingerprint density at radius 2 is 0.575 bits per heavy atom. The minimum atomic E-state index is -0.521. The first-order chi connectivity index (χ1) is 57.1. The predicted molar refractivity (Wildman–Crippen MR) is 457 cm³/mol. The molecule has 608 valence electrons. The Hall–Kier alpha value is -14.4. The fraction of sp³-hybridized carbons (Fsp3) is 0.190. The van der Waals surface area contributed by atoms with Gasteiger partial charge in [-0.25, -0.2) is 38.7 Å². The largest absolute Gasteiger partial charge is 0.355 e. The molecule has 8 aromatic heterocycles. The number of amides is 8. The van der Waals surface area contributed by atoms with E-state index in [4.69, 9.17) is 23.2 Å². The number of nitriles is 4. The van der Waals surface area contributed by atoms with Crippen molar-refractivity contribution >= 4 is 125 Å². The molecule has 36 heteroatoms. The van der Waals surface area contributed by atoms with Crippen LogP contribution in [0, 0.1) is 101 Å². The van der Waals surface area contributed by atoms with Gasteiger partial charge in [0.1, 0.15) is 32.0 Å². The lowest BCUT2D eigenvalue weighted by Crippen LogP contribution is -2.31. The average molecular weight is 1780 g/mol. The molecular formula is C84H76Br2Cl2N24O8. The summed E-state index contributed by atoms with van der Waals surface area (Å²) < 4.78 is 6.54. The van der Waals surface area contributed by atoms with Crippen LogP contribution in [0.4, 0.5) is 22.7 Å². The third-order valence-electron chi connectivity index (χ3n) is 17.5. The molecule has 0 aliphatic rings. The molecule has 0 aliphatic heterocycles. The lowest BCUT2D eigenvalue weighted by molar-refractivity contribution is 0.0934. The molecule has 0 saturated heterocycles. The molecule has 0 saturated carbocycles. The standard InChI is InChI=1S/C22H21BrN6O2.C22H21ClN6O2.C20H17BrN6O2.C20H17ClN6O2/c2*1-12(2)26-21(30)16-9-15(11-24)8-14(4)19(16)27-22(31)17-10-18(23)28-29(17)20-13(3)6-5-7-25-20;2*1-11-5-4-6-24-18(11)27-15(9-16(21)26-27)20(29)25-17-12(2)7-13(10-22)8-14(17)19(28)23-3/h2*5-10,12H,1-4H3,(H,26,30)(H,27,31);2*4-9H,1-3H3,(H,23,28)(H,25,29). The summed E-state index contributed by atoms with van der Waals surface area (Å²) in [5, 5.41) is 76.0. The van der Waals surface area contributed by atoms with Crippen LogP contribution in [-0.4, -0.2) is 132 Å². The molecule has 8 heterocycles. The van der Waals surface area contributed by atoms with Crippen molar-refractivity contribution in [1.29, 1.82) is 21.0 Å². The molecule has 4 aromatic carbocycles. The van der Waals surface area contributed by atoms with Crippen molar-refractivity contribution < 1.29 is 38.4 Å². The number of carbonyl (C=O) groups is 8. The van der Waals surface area contributed by atoms with Gasteiger partial charge in [-0.2, -0.15) is 41.4 Å². The summed E-state index contributed by atoms with van der Waals surface area (Å²) in [7, 11) is 2.96. The Morgan fingerprint density at radius 1 is 0.342 bits per heavy atom. The number of aryl methyl sites for hydroxylation is 8. The second-order valence-electron chi connectivity index (χ2n) is 27.2. The van der Waals surface area contributed by atoms with Crippen LogP contribution in [0.1, 0.15) is 178 Å². The summed E-state index contributed by atoms with van der Waals surface area (Å²) in [6.07, 6.45) is 6.43. The number of rotatable bonds is 18. The van der Waals surface area contributed by atoms with E-state index in [-0.39, 0.29) is 73.3 Å². The van der Waals surface area contributed by atoms with Gasteiger partial charge in [0.25, 0.3) is 47.3 Å². The van der Waals surface area contributed by atoms with Gasteiger partial charge >= 0.3 is 0 Å². The van der Waals surface area contributed by atoms with E-state index in [1.165, 1.54) is 69.2 Å². The zero-order chi connectivity index (χ0) is 87.7. The fourth-order valence-corrected chi connectivity index (χ4v) is 13.1. The monoisotopic (exact) mass is 1780 g/mol. The summed E-state index contributed by atoms with van der Waals surface area (Å²) >= 11 is 18.8. The Morgan fingerprint density at radius 3 is 0.800 bits per heavy atom. The molecule has 0 bridgehead atoms. The first kappa shape index (κ1) is 89.5. The number of nitrogens with one attached hydrogen (secondary N) is 8. The maximum absolute atomic E-state index is 13.2. The molecule has 0 aliphatic carbocycles. The second-order valence-corrected chi connectivity index (χ2v) is 29.6. The maximum Gasteiger partial charge on any atom is 0.274 e. The number of pyridine rings is 4. The van der Waals surface area contributed by atoms with Gasteiger partial charge in [-0.1, -0.05) is 47.5 Å². The van der Waals surface area contributed by atoms with Crippen LogP contribution < -0.4 is 42.5 Å². The van der Waals surface area contributed by atoms with Gasteiger partial charge < -0.3 is 42.5 Å². The Bertz CT molecular complexity index is 5860. The van der Waals surface area contributed by atoms with E-state index in [2.05, 4.69) is 115 Å². The molecule has 120 heavy (non-hydrogen) atoms. The molecule has 0 unspecified atom stereocenters. The smallest absolute Gasteiger partial charge is 0.274 e. The van der Waals surface area contributed by atoms with E-state index in [0.717, 1.165) is 22.3 Å². The molecule has 0 radical (unpaired) electrons. The van der Waals surface area contributed by atoms with E-state index in [9.17, 15) is 59.4 Å². The molecule has 12 rings (SSSR count). The summed E-state index contributed by atoms with van der Waals surface area (Å²) in [4.78, 5) is 120. The minimum Gasteiger partial charge on any atom is -0.355 e. The van der Waals surface area contributed by atoms with E-state index in [0.29, 0.717) is 99.7 Å². The quantitative estimate of drug-likeness (QED) is 0.0395. The minimum absolute atomic E-state index is 0.105. The molecule has 0 spiro atoms. The Kier molecular flexibility index (Phi) is 29.8. The van der Waals surface area contributed by atoms with E-state index < -0.39 is 41.4 Å². The van der Waals surface area contributed by atoms with Crippen molar-refractivity contribution in [2.75, 3.05) is 35.4 Å². The predicted octanol–water partition coefficient (Wildman–Crippen LogP) is 13.9. The molecule has 8 amide bonds. The first-order valence-electron chi connectivity index (χ1n) is 36.3. The van der Waals surface area contributed by atoms with Crippen LogP contribution in [0.15, 0.2) is 155 Å². The average Bonchev–Trinajstić information content (AvgIpc) is 1.54. The number of benzene rings is 4. The van der Waals surface area contributed by atoms with E-state index in [1.807, 2.05) is 104 Å². The van der Waals surface area contributed by atoms with Crippen LogP contribution >= 0.6 is 55.1 Å². The van der Waals surface area contributed by atoms with Crippen molar-refractivity contribution in [2.45, 2.75) is 95.2 Å². The molecule has 0 fully saturated rings. The lowest BCUT2D eigenvalue weighted by atomic mass is 10.0. The van der Waals surface area contributed by atoms with Crippen LogP contribution in [0.25, 0.3) is 23.3 Å². The number of hydrogen-bond acceptors (Lipinski definition) is 20. The maximum atomic E-state index is 13.2. The Balaban J connectivity index is 0.000000182. The van der Waals surface area contributed by atoms with Crippen LogP contribution in [0.5, 0.6) is 0 Å². The highest BCUT2D eigenvalue weighted by molar-refractivity contribution is 9.10. The number of halogens is 4. The summed E-state index contributed by atoms with van der Waals surface area (Å²) in [5.41, 5.74) is 9.83. The summed E-state index contributed by atoms with van der Waals surface area (Å²) in [6, 6.07) is 40.7. The van der Waals surface area contributed by atoms with Crippen molar-refractivity contribution in [3.63, 3.8) is 0 Å². The summed E-state index contributed by atoms with van der Waals surface area (Å²) in [6.45, 7) is 21.6. The number of nitrogens with zero attached hydrogens (tertiary/aromatic N) is 16. The van der Waals surface area contributed by atoms with Gasteiger partial charge in [0.15, 0.2) is 33.6 Å². The zero-order valence-corrected chi connectivity index (χ0v) is 71.6. The number of carbonyl (C=O) groups excluding carboxylic acids is 8. The summed E-state index contributed by atoms with van der Waals surface area (Å²) in [5.74, 6) is -1.59. The van der Waals surface area contributed by atoms with Crippen LogP contribution in [0.3, 0.4) is 0 Å². The third-order valence-corrected chi connectivity index (χ3v) is 18.6. The van der Waals surface area contributed by atoms with Gasteiger partial charge in [0.2, 0.25) is 0 Å². The van der Waals surface area contributed by atoms with Crippen molar-refractivity contribution in [1.82, 2.24) is 80.3 Å². The van der Waals surface area contributed by atoms with Gasteiger partial charge in [-0.05, 0) is 232 Å². The highest BCUT2D eigenvalue weighted by Gasteiger charge is 2.29. The molecule has 8 N–H and O–H groups in total. The third kappa shape index (κ3) is 21.4. The van der Waals surface area contributed by atoms with Crippen molar-refractivity contribution in [3.05, 3.63) is 277 Å². The molecule has 12 aromatic rings. The fourth-order valence-electron chi connectivity index (χ4n) is 11.9. The van der Waals surface area contributed by atoms with Crippen molar-refractivity contribution in [2.24, 2.45) is 0 Å². The van der Waals surface area contributed by atoms with Gasteiger partial charge in [0, 0.05) is 75.2 Å². The highest BCUT2D eigenvalue weighted by atomic mass is 79.9. The number of hydrogen-bond donors (Lipinski definition) is 8. The normalized spacial score (nSPS) is 10.5. The molecule has 0 atom stereocenters. The topological polar surface area (TPSA) is 451 Å². The molecular weight excluding hydrogens is 1700 g/mol. The van der Waals surface area contributed by atoms with Crippen LogP contribution in [-0.2, 0) is 0 Å². The first-order valence-corrected chi connectivity index (χ1v) is 38.7. The number of aromatic nitrogens is 12. The van der Waals surface area contributed by atoms with E-state index >= 15 is 0 Å². The van der Waals surface area contributed by atoms with Gasteiger partial charge in [-0.3, -0.25) is 38.4 Å². The second kappa shape index (κ2) is 40.0. The Labute approximate surface area is 715 Å². The number of anilines is 4. The lowest BCUT2D eigenvalue weighted by Gasteiger charge is -2.16. The highest BCUT2D eigenvalue weighted by Crippen LogP contribution is 2.32. The van der Waals surface area contributed by atoms with E-state index in [1.54, 1.807) is 113 Å². The van der Waals surface area contributed by atoms with Gasteiger partial charge in [-0.15, -0.1) is 0 Å². The van der Waals surface area contributed by atoms with Crippen molar-refractivity contribution in [3.8, 4) is 47.5 Å². The zero-order valence-electron chi connectivity index (χ0n) is 66.9. The van der Waals surface area contributed by atoms with Crippen LogP contribution in [0.2, 0.25) is 10.3 Å². The SMILES string of the molecule is CNC(=O)c1cc(C#N)cc(C)c1NC(=O)c1cc(Br)nn1-c1ncccc1C.CNC(=O)c1cc(C#N)cc(C)c1NC(=O)c1cc(Cl)nn1-c1ncccc1C.Cc1cccnc1-n1nc(Br)cc1C(=O)Nc1c(C)cc(C#N)cc1C(=O)NC(C)C.Cc1cccnc1-n1nc(Cl)cc1C(=O)Nc1c(C)cc(C#N)cc1C(=O)NC(C)C. The van der Waals surface area contributed by atoms with Gasteiger partial charge in [0.05, 0.1) is 91.5 Å².